The van der Waals surface area contributed by atoms with Crippen molar-refractivity contribution in [1.82, 2.24) is 9.97 Å². The fourth-order valence-electron chi connectivity index (χ4n) is 1.94. The molecule has 0 bridgehead atoms. The van der Waals surface area contributed by atoms with E-state index in [4.69, 9.17) is 11.6 Å². The van der Waals surface area contributed by atoms with E-state index in [-0.39, 0.29) is 11.8 Å². The molecule has 0 atom stereocenters. The molecule has 0 spiro atoms. The Morgan fingerprint density at radius 2 is 2.04 bits per heavy atom. The van der Waals surface area contributed by atoms with E-state index in [0.29, 0.717) is 31.8 Å². The van der Waals surface area contributed by atoms with Crippen molar-refractivity contribution in [2.24, 2.45) is 0 Å². The highest BCUT2D eigenvalue weighted by atomic mass is 35.5. The molecule has 0 unspecified atom stereocenters. The second-order valence-corrected chi connectivity index (χ2v) is 6.06. The lowest BCUT2D eigenvalue weighted by Gasteiger charge is -2.08. The predicted molar refractivity (Wildman–Crippen MR) is 91.1 cm³/mol. The van der Waals surface area contributed by atoms with E-state index in [0.717, 1.165) is 0 Å². The standard InChI is InChI=1S/C15H11ClN4O2S/c1-8(21)18-12-7-9(4-5-10(12)16)19-13(22)15-20-11-3-2-6-17-14(11)23-15/h2-7H,1H3,(H,18,21)(H,19,22). The molecule has 1 aromatic carbocycles. The van der Waals surface area contributed by atoms with Gasteiger partial charge in [0.15, 0.2) is 5.01 Å². The number of anilines is 2. The van der Waals surface area contributed by atoms with Crippen molar-refractivity contribution >= 4 is 56.5 Å². The highest BCUT2D eigenvalue weighted by molar-refractivity contribution is 7.20. The number of hydrogen-bond donors (Lipinski definition) is 2. The van der Waals surface area contributed by atoms with E-state index in [1.807, 2.05) is 0 Å². The first-order valence-electron chi connectivity index (χ1n) is 6.63. The van der Waals surface area contributed by atoms with Gasteiger partial charge in [-0.2, -0.15) is 0 Å². The number of nitrogens with one attached hydrogen (secondary N) is 2. The summed E-state index contributed by atoms with van der Waals surface area (Å²) in [6, 6.07) is 8.40. The van der Waals surface area contributed by atoms with Gasteiger partial charge in [-0.3, -0.25) is 9.59 Å². The SMILES string of the molecule is CC(=O)Nc1cc(NC(=O)c2nc3cccnc3s2)ccc1Cl. The van der Waals surface area contributed by atoms with Crippen LogP contribution >= 0.6 is 22.9 Å². The highest BCUT2D eigenvalue weighted by Crippen LogP contribution is 2.26. The monoisotopic (exact) mass is 346 g/mol. The number of carbonyl (C=O) groups is 2. The number of pyridine rings is 1. The molecule has 0 saturated carbocycles. The van der Waals surface area contributed by atoms with E-state index in [1.54, 1.807) is 36.5 Å². The maximum atomic E-state index is 12.3. The predicted octanol–water partition coefficient (Wildman–Crippen LogP) is 3.56. The van der Waals surface area contributed by atoms with Crippen LogP contribution in [0.4, 0.5) is 11.4 Å². The van der Waals surface area contributed by atoms with Crippen molar-refractivity contribution in [2.45, 2.75) is 6.92 Å². The number of benzene rings is 1. The van der Waals surface area contributed by atoms with Gasteiger partial charge in [-0.1, -0.05) is 22.9 Å². The molecule has 0 aliphatic heterocycles. The Bertz CT molecular complexity index is 876. The van der Waals surface area contributed by atoms with Crippen molar-refractivity contribution in [2.75, 3.05) is 10.6 Å². The van der Waals surface area contributed by atoms with E-state index in [1.165, 1.54) is 18.3 Å². The van der Waals surface area contributed by atoms with Gasteiger partial charge < -0.3 is 10.6 Å². The Balaban J connectivity index is 1.83. The average molecular weight is 347 g/mol. The molecule has 2 aromatic heterocycles. The quantitative estimate of drug-likeness (QED) is 0.759. The van der Waals surface area contributed by atoms with Crippen LogP contribution in [0.15, 0.2) is 36.5 Å². The fraction of sp³-hybridized carbons (Fsp3) is 0.0667. The van der Waals surface area contributed by atoms with Gasteiger partial charge in [0.05, 0.1) is 10.7 Å². The summed E-state index contributed by atoms with van der Waals surface area (Å²) in [5.74, 6) is -0.586. The minimum absolute atomic E-state index is 0.243. The van der Waals surface area contributed by atoms with Gasteiger partial charge in [-0.25, -0.2) is 9.97 Å². The molecule has 0 fully saturated rings. The number of carbonyl (C=O) groups excluding carboxylic acids is 2. The molecular weight excluding hydrogens is 336 g/mol. The molecule has 2 amide bonds. The lowest BCUT2D eigenvalue weighted by molar-refractivity contribution is -0.114. The minimum Gasteiger partial charge on any atom is -0.325 e. The summed E-state index contributed by atoms with van der Waals surface area (Å²) in [6.07, 6.45) is 1.65. The number of nitrogens with zero attached hydrogens (tertiary/aromatic N) is 2. The normalized spacial score (nSPS) is 10.5. The van der Waals surface area contributed by atoms with E-state index < -0.39 is 0 Å². The molecule has 0 aliphatic carbocycles. The topological polar surface area (TPSA) is 84.0 Å². The molecule has 3 rings (SSSR count). The summed E-state index contributed by atoms with van der Waals surface area (Å²) in [6.45, 7) is 1.38. The maximum absolute atomic E-state index is 12.3. The number of fused-ring (bicyclic) bond motifs is 1. The average Bonchev–Trinajstić information content (AvgIpc) is 2.94. The number of halogens is 1. The van der Waals surface area contributed by atoms with Gasteiger partial charge in [0.1, 0.15) is 10.3 Å². The van der Waals surface area contributed by atoms with E-state index >= 15 is 0 Å². The smallest absolute Gasteiger partial charge is 0.284 e. The first kappa shape index (κ1) is 15.4. The number of thiazole rings is 1. The van der Waals surface area contributed by atoms with Crippen molar-refractivity contribution < 1.29 is 9.59 Å². The first-order valence-corrected chi connectivity index (χ1v) is 7.82. The zero-order chi connectivity index (χ0) is 16.4. The van der Waals surface area contributed by atoms with Crippen LogP contribution in [-0.4, -0.2) is 21.8 Å². The van der Waals surface area contributed by atoms with Crippen LogP contribution < -0.4 is 10.6 Å². The molecule has 23 heavy (non-hydrogen) atoms. The second-order valence-electron chi connectivity index (χ2n) is 4.68. The molecule has 0 radical (unpaired) electrons. The Morgan fingerprint density at radius 1 is 1.22 bits per heavy atom. The molecule has 0 aliphatic rings. The lowest BCUT2D eigenvalue weighted by atomic mass is 10.2. The Morgan fingerprint density at radius 3 is 2.78 bits per heavy atom. The molecule has 8 heteroatoms. The van der Waals surface area contributed by atoms with E-state index in [2.05, 4.69) is 20.6 Å². The summed E-state index contributed by atoms with van der Waals surface area (Å²) in [5, 5.41) is 6.04. The summed E-state index contributed by atoms with van der Waals surface area (Å²) >= 11 is 7.21. The van der Waals surface area contributed by atoms with Crippen LogP contribution in [0.3, 0.4) is 0 Å². The molecule has 0 saturated heterocycles. The summed E-state index contributed by atoms with van der Waals surface area (Å²) in [5.41, 5.74) is 1.62. The minimum atomic E-state index is -0.343. The van der Waals surface area contributed by atoms with Crippen LogP contribution in [0.2, 0.25) is 5.02 Å². The van der Waals surface area contributed by atoms with Gasteiger partial charge in [0.25, 0.3) is 5.91 Å². The number of rotatable bonds is 3. The maximum Gasteiger partial charge on any atom is 0.284 e. The van der Waals surface area contributed by atoms with Crippen molar-refractivity contribution in [3.8, 4) is 0 Å². The van der Waals surface area contributed by atoms with Gasteiger partial charge in [-0.15, -0.1) is 0 Å². The van der Waals surface area contributed by atoms with Gasteiger partial charge in [-0.05, 0) is 30.3 Å². The fourth-order valence-corrected chi connectivity index (χ4v) is 2.91. The highest BCUT2D eigenvalue weighted by Gasteiger charge is 2.14. The number of hydrogen-bond acceptors (Lipinski definition) is 5. The van der Waals surface area contributed by atoms with Crippen LogP contribution in [-0.2, 0) is 4.79 Å². The second kappa shape index (κ2) is 6.31. The lowest BCUT2D eigenvalue weighted by Crippen LogP contribution is -2.12. The van der Waals surface area contributed by atoms with Crippen LogP contribution in [0.25, 0.3) is 10.3 Å². The number of amides is 2. The molecule has 2 heterocycles. The largest absolute Gasteiger partial charge is 0.325 e. The van der Waals surface area contributed by atoms with Crippen LogP contribution in [0, 0.1) is 0 Å². The third kappa shape index (κ3) is 3.46. The Hall–Kier alpha value is -2.51. The van der Waals surface area contributed by atoms with Crippen molar-refractivity contribution in [1.29, 1.82) is 0 Å². The zero-order valence-corrected chi connectivity index (χ0v) is 13.5. The third-order valence-electron chi connectivity index (χ3n) is 2.90. The summed E-state index contributed by atoms with van der Waals surface area (Å²) < 4.78 is 0. The number of aromatic nitrogens is 2. The van der Waals surface area contributed by atoms with E-state index in [9.17, 15) is 9.59 Å². The third-order valence-corrected chi connectivity index (χ3v) is 4.20. The first-order chi connectivity index (χ1) is 11.0. The molecular formula is C15H11ClN4O2S. The van der Waals surface area contributed by atoms with Crippen molar-refractivity contribution in [3.05, 3.63) is 46.6 Å². The summed E-state index contributed by atoms with van der Waals surface area (Å²) in [7, 11) is 0. The molecule has 6 nitrogen and oxygen atoms in total. The van der Waals surface area contributed by atoms with Gasteiger partial charge in [0.2, 0.25) is 5.91 Å². The van der Waals surface area contributed by atoms with Gasteiger partial charge >= 0.3 is 0 Å². The Kier molecular flexibility index (Phi) is 4.22. The van der Waals surface area contributed by atoms with Crippen LogP contribution in [0.5, 0.6) is 0 Å². The summed E-state index contributed by atoms with van der Waals surface area (Å²) in [4.78, 5) is 32.5. The van der Waals surface area contributed by atoms with Crippen LogP contribution in [0.1, 0.15) is 16.7 Å². The molecule has 3 aromatic rings. The molecule has 2 N–H and O–H groups in total. The Labute approximate surface area is 140 Å². The van der Waals surface area contributed by atoms with Crippen molar-refractivity contribution in [3.63, 3.8) is 0 Å². The molecule has 116 valence electrons. The zero-order valence-electron chi connectivity index (χ0n) is 12.0. The van der Waals surface area contributed by atoms with Gasteiger partial charge in [0, 0.05) is 18.8 Å².